The zero-order valence-electron chi connectivity index (χ0n) is 11.3. The number of hydrogen-bond acceptors (Lipinski definition) is 5. The quantitative estimate of drug-likeness (QED) is 0.680. The number of nitro groups is 1. The Morgan fingerprint density at radius 1 is 1.58 bits per heavy atom. The maximum Gasteiger partial charge on any atom is 0.304 e. The maximum atomic E-state index is 11.1. The van der Waals surface area contributed by atoms with Crippen molar-refractivity contribution in [2.75, 3.05) is 18.0 Å². The number of aliphatic hydroxyl groups is 1. The monoisotopic (exact) mass is 284 g/mol. The molecular weight excluding hydrogens is 264 g/mol. The van der Waals surface area contributed by atoms with Gasteiger partial charge in [0, 0.05) is 24.0 Å². The number of hydrogen-bond donors (Lipinski definition) is 1. The van der Waals surface area contributed by atoms with Crippen LogP contribution in [0.15, 0.2) is 6.07 Å². The Morgan fingerprint density at radius 2 is 2.21 bits per heavy atom. The van der Waals surface area contributed by atoms with Gasteiger partial charge >= 0.3 is 5.69 Å². The Bertz CT molecular complexity index is 451. The molecule has 0 aliphatic carbocycles. The van der Waals surface area contributed by atoms with Crippen molar-refractivity contribution in [3.05, 3.63) is 21.1 Å². The molecule has 1 saturated heterocycles. The fourth-order valence-electron chi connectivity index (χ4n) is 2.50. The number of anilines is 1. The molecule has 2 rings (SSSR count). The minimum Gasteiger partial charge on any atom is -0.388 e. The Morgan fingerprint density at radius 3 is 2.68 bits per heavy atom. The topological polar surface area (TPSA) is 66.6 Å². The van der Waals surface area contributed by atoms with E-state index in [9.17, 15) is 15.2 Å². The highest BCUT2D eigenvalue weighted by molar-refractivity contribution is 7.16. The van der Waals surface area contributed by atoms with Crippen molar-refractivity contribution in [3.8, 4) is 0 Å². The van der Waals surface area contributed by atoms with E-state index in [2.05, 4.69) is 11.8 Å². The van der Waals surface area contributed by atoms with Crippen LogP contribution in [0, 0.1) is 16.0 Å². The molecule has 1 aliphatic rings. The van der Waals surface area contributed by atoms with Gasteiger partial charge in [-0.1, -0.05) is 13.3 Å². The summed E-state index contributed by atoms with van der Waals surface area (Å²) in [4.78, 5) is 13.5. The van der Waals surface area contributed by atoms with Crippen LogP contribution in [0.25, 0.3) is 0 Å². The van der Waals surface area contributed by atoms with Crippen LogP contribution in [0.1, 0.15) is 44.1 Å². The molecule has 1 N–H and O–H groups in total. The molecule has 1 atom stereocenters. The summed E-state index contributed by atoms with van der Waals surface area (Å²) in [5.74, 6) is 0.742. The summed E-state index contributed by atoms with van der Waals surface area (Å²) < 4.78 is 0. The highest BCUT2D eigenvalue weighted by Crippen LogP contribution is 2.41. The highest BCUT2D eigenvalue weighted by atomic mass is 32.1. The lowest BCUT2D eigenvalue weighted by Gasteiger charge is -2.31. The zero-order valence-corrected chi connectivity index (χ0v) is 12.2. The third kappa shape index (κ3) is 3.06. The van der Waals surface area contributed by atoms with Crippen molar-refractivity contribution in [2.45, 2.75) is 39.2 Å². The molecule has 1 aromatic rings. The van der Waals surface area contributed by atoms with Crippen LogP contribution in [0.3, 0.4) is 0 Å². The van der Waals surface area contributed by atoms with Gasteiger partial charge in [0.15, 0.2) is 5.00 Å². The molecule has 2 heterocycles. The maximum absolute atomic E-state index is 11.1. The van der Waals surface area contributed by atoms with E-state index in [0.29, 0.717) is 9.88 Å². The average Bonchev–Trinajstić information content (AvgIpc) is 2.84. The molecule has 0 amide bonds. The van der Waals surface area contributed by atoms with Crippen molar-refractivity contribution in [2.24, 2.45) is 5.92 Å². The Balaban J connectivity index is 2.21. The van der Waals surface area contributed by atoms with Gasteiger partial charge in [-0.2, -0.15) is 0 Å². The van der Waals surface area contributed by atoms with Crippen LogP contribution >= 0.6 is 11.3 Å². The van der Waals surface area contributed by atoms with Crippen LogP contribution in [0.2, 0.25) is 0 Å². The van der Waals surface area contributed by atoms with Gasteiger partial charge in [0.25, 0.3) is 0 Å². The standard InChI is InChI=1S/C13H20N2O3S/c1-3-10-4-6-14(7-5-10)13-11(15(17)18)8-12(19-13)9(2)16/h8-10,16H,3-7H2,1-2H3/t9-/m0/s1. The van der Waals surface area contributed by atoms with Crippen molar-refractivity contribution in [3.63, 3.8) is 0 Å². The first kappa shape index (κ1) is 14.3. The number of piperidine rings is 1. The lowest BCUT2D eigenvalue weighted by atomic mass is 9.94. The lowest BCUT2D eigenvalue weighted by Crippen LogP contribution is -2.33. The first-order valence-corrected chi connectivity index (χ1v) is 7.55. The van der Waals surface area contributed by atoms with Gasteiger partial charge in [-0.25, -0.2) is 0 Å². The molecule has 19 heavy (non-hydrogen) atoms. The first-order chi connectivity index (χ1) is 9.02. The summed E-state index contributed by atoms with van der Waals surface area (Å²) in [7, 11) is 0. The summed E-state index contributed by atoms with van der Waals surface area (Å²) in [5.41, 5.74) is 0.135. The molecule has 1 fully saturated rings. The van der Waals surface area contributed by atoms with Gasteiger partial charge in [0.05, 0.1) is 11.0 Å². The van der Waals surface area contributed by atoms with E-state index in [1.54, 1.807) is 6.92 Å². The Labute approximate surface area is 117 Å². The lowest BCUT2D eigenvalue weighted by molar-refractivity contribution is -0.383. The predicted molar refractivity (Wildman–Crippen MR) is 76.8 cm³/mol. The molecule has 106 valence electrons. The van der Waals surface area contributed by atoms with Gasteiger partial charge < -0.3 is 10.0 Å². The van der Waals surface area contributed by atoms with Crippen molar-refractivity contribution >= 4 is 22.0 Å². The molecule has 0 radical (unpaired) electrons. The summed E-state index contributed by atoms with van der Waals surface area (Å²) in [6, 6.07) is 1.51. The molecule has 0 aromatic carbocycles. The average molecular weight is 284 g/mol. The molecule has 1 aromatic heterocycles. The molecule has 1 aliphatic heterocycles. The van der Waals surface area contributed by atoms with E-state index in [-0.39, 0.29) is 10.6 Å². The number of thiophene rings is 1. The zero-order chi connectivity index (χ0) is 14.0. The summed E-state index contributed by atoms with van der Waals surface area (Å²) in [6.45, 7) is 5.58. The van der Waals surface area contributed by atoms with E-state index >= 15 is 0 Å². The molecular formula is C13H20N2O3S. The van der Waals surface area contributed by atoms with Crippen LogP contribution in [0.4, 0.5) is 10.7 Å². The number of nitrogens with zero attached hydrogens (tertiary/aromatic N) is 2. The summed E-state index contributed by atoms with van der Waals surface area (Å²) in [5, 5.41) is 21.4. The minimum atomic E-state index is -0.648. The number of aliphatic hydroxyl groups excluding tert-OH is 1. The van der Waals surface area contributed by atoms with Crippen molar-refractivity contribution in [1.29, 1.82) is 0 Å². The fourth-order valence-corrected chi connectivity index (χ4v) is 3.61. The molecule has 0 saturated carbocycles. The normalized spacial score (nSPS) is 18.6. The smallest absolute Gasteiger partial charge is 0.304 e. The van der Waals surface area contributed by atoms with E-state index in [1.807, 2.05) is 0 Å². The second-order valence-corrected chi connectivity index (χ2v) is 6.17. The molecule has 0 bridgehead atoms. The molecule has 0 spiro atoms. The summed E-state index contributed by atoms with van der Waals surface area (Å²) >= 11 is 1.35. The third-order valence-electron chi connectivity index (χ3n) is 3.80. The fraction of sp³-hybridized carbons (Fsp3) is 0.692. The minimum absolute atomic E-state index is 0.135. The molecule has 6 heteroatoms. The predicted octanol–water partition coefficient (Wildman–Crippen LogP) is 3.34. The second-order valence-electron chi connectivity index (χ2n) is 5.11. The van der Waals surface area contributed by atoms with Gasteiger partial charge in [0.1, 0.15) is 0 Å². The highest BCUT2D eigenvalue weighted by Gasteiger charge is 2.28. The second kappa shape index (κ2) is 5.88. The Kier molecular flexibility index (Phi) is 4.42. The van der Waals surface area contributed by atoms with Gasteiger partial charge in [-0.3, -0.25) is 10.1 Å². The van der Waals surface area contributed by atoms with Crippen molar-refractivity contribution < 1.29 is 10.0 Å². The number of rotatable bonds is 4. The third-order valence-corrected chi connectivity index (χ3v) is 5.16. The SMILES string of the molecule is CCC1CCN(c2sc([C@H](C)O)cc2[N+](=O)[O-])CC1. The van der Waals surface area contributed by atoms with E-state index in [1.165, 1.54) is 23.8 Å². The van der Waals surface area contributed by atoms with Gasteiger partial charge in [-0.05, 0) is 25.7 Å². The van der Waals surface area contributed by atoms with Crippen LogP contribution < -0.4 is 4.90 Å². The van der Waals surface area contributed by atoms with Crippen LogP contribution in [-0.2, 0) is 0 Å². The van der Waals surface area contributed by atoms with Gasteiger partial charge in [0.2, 0.25) is 0 Å². The van der Waals surface area contributed by atoms with Crippen LogP contribution in [0.5, 0.6) is 0 Å². The van der Waals surface area contributed by atoms with E-state index in [0.717, 1.165) is 31.8 Å². The largest absolute Gasteiger partial charge is 0.388 e. The molecule has 0 unspecified atom stereocenters. The molecule has 5 nitrogen and oxygen atoms in total. The van der Waals surface area contributed by atoms with Gasteiger partial charge in [-0.15, -0.1) is 11.3 Å². The van der Waals surface area contributed by atoms with E-state index < -0.39 is 6.10 Å². The Hall–Kier alpha value is -1.14. The van der Waals surface area contributed by atoms with Crippen molar-refractivity contribution in [1.82, 2.24) is 0 Å². The van der Waals surface area contributed by atoms with Crippen LogP contribution in [-0.4, -0.2) is 23.1 Å². The summed E-state index contributed by atoms with van der Waals surface area (Å²) in [6.07, 6.45) is 2.72. The van der Waals surface area contributed by atoms with E-state index in [4.69, 9.17) is 0 Å². The first-order valence-electron chi connectivity index (χ1n) is 6.74.